The van der Waals surface area contributed by atoms with Crippen molar-refractivity contribution in [1.29, 1.82) is 0 Å². The first-order chi connectivity index (χ1) is 21.8. The van der Waals surface area contributed by atoms with Crippen molar-refractivity contribution in [2.45, 2.75) is 187 Å². The second kappa shape index (κ2) is 15.7. The minimum atomic E-state index is -2.05. The number of ether oxygens (including phenoxy) is 1. The van der Waals surface area contributed by atoms with Crippen LogP contribution in [-0.2, 0) is 18.0 Å². The van der Waals surface area contributed by atoms with Crippen molar-refractivity contribution in [3.63, 3.8) is 0 Å². The molecule has 0 aromatic heterocycles. The van der Waals surface area contributed by atoms with Crippen LogP contribution >= 0.6 is 0 Å². The molecule has 0 radical (unpaired) electrons. The molecule has 0 aromatic rings. The van der Waals surface area contributed by atoms with Gasteiger partial charge >= 0.3 is 0 Å². The van der Waals surface area contributed by atoms with E-state index in [-0.39, 0.29) is 17.2 Å². The quantitative estimate of drug-likeness (QED) is 0.135. The predicted octanol–water partition coefficient (Wildman–Crippen LogP) is 12.6. The molecule has 3 aliphatic carbocycles. The largest absolute Gasteiger partial charge is 0.546 e. The fourth-order valence-corrected chi connectivity index (χ4v) is 14.5. The van der Waals surface area contributed by atoms with E-state index in [1.54, 1.807) is 5.57 Å². The van der Waals surface area contributed by atoms with Crippen molar-refractivity contribution in [2.75, 3.05) is 0 Å². The normalized spacial score (nSPS) is 26.5. The van der Waals surface area contributed by atoms with Crippen LogP contribution in [0.25, 0.3) is 0 Å². The van der Waals surface area contributed by atoms with Crippen molar-refractivity contribution in [3.05, 3.63) is 46.7 Å². The molecular formula is C39H70O4Si3. The van der Waals surface area contributed by atoms with E-state index in [0.29, 0.717) is 11.8 Å². The van der Waals surface area contributed by atoms with Gasteiger partial charge < -0.3 is 18.0 Å². The predicted molar refractivity (Wildman–Crippen MR) is 203 cm³/mol. The van der Waals surface area contributed by atoms with Crippen LogP contribution in [0.5, 0.6) is 0 Å². The molecule has 0 saturated heterocycles. The molecule has 7 heteroatoms. The van der Waals surface area contributed by atoms with Gasteiger partial charge in [0, 0.05) is 12.3 Å². The van der Waals surface area contributed by atoms with Crippen LogP contribution in [0.4, 0.5) is 0 Å². The van der Waals surface area contributed by atoms with Gasteiger partial charge in [-0.25, -0.2) is 0 Å². The molecule has 0 unspecified atom stereocenters. The van der Waals surface area contributed by atoms with Crippen LogP contribution < -0.4 is 0 Å². The minimum Gasteiger partial charge on any atom is -0.546 e. The van der Waals surface area contributed by atoms with Crippen LogP contribution in [0.2, 0.25) is 54.4 Å². The molecule has 1 aliphatic heterocycles. The second-order valence-electron chi connectivity index (χ2n) is 16.3. The zero-order valence-electron chi connectivity index (χ0n) is 31.8. The average molecular weight is 687 g/mol. The summed E-state index contributed by atoms with van der Waals surface area (Å²) in [5.41, 5.74) is 2.99. The highest BCUT2D eigenvalue weighted by atomic mass is 28.4. The van der Waals surface area contributed by atoms with Crippen LogP contribution in [0.3, 0.4) is 0 Å². The Kier molecular flexibility index (Phi) is 12.9. The minimum absolute atomic E-state index is 0.0760. The number of fused-ring (bicyclic) bond motifs is 3. The van der Waals surface area contributed by atoms with Crippen molar-refractivity contribution < 1.29 is 18.0 Å². The Morgan fingerprint density at radius 2 is 1.46 bits per heavy atom. The van der Waals surface area contributed by atoms with Crippen LogP contribution in [-0.4, -0.2) is 37.2 Å². The molecule has 0 bridgehead atoms. The summed E-state index contributed by atoms with van der Waals surface area (Å²) in [6, 6.07) is 7.00. The van der Waals surface area contributed by atoms with E-state index < -0.39 is 25.0 Å². The Labute approximate surface area is 287 Å². The third-order valence-corrected chi connectivity index (χ3v) is 26.3. The highest BCUT2D eigenvalue weighted by molar-refractivity contribution is 6.74. The Morgan fingerprint density at radius 1 is 0.848 bits per heavy atom. The Hall–Kier alpha value is -1.03. The van der Waals surface area contributed by atoms with Crippen LogP contribution in [0.15, 0.2) is 46.7 Å². The number of hydrogen-bond donors (Lipinski definition) is 0. The summed E-state index contributed by atoms with van der Waals surface area (Å²) in [5, 5.41) is 0.129. The molecule has 4 atom stereocenters. The Balaban J connectivity index is 1.82. The lowest BCUT2D eigenvalue weighted by atomic mass is 9.67. The molecule has 4 rings (SSSR count). The maximum atomic E-state index is 7.45. The summed E-state index contributed by atoms with van der Waals surface area (Å²) < 4.78 is 29.2. The Bertz CT molecular complexity index is 1140. The van der Waals surface area contributed by atoms with Gasteiger partial charge in [0.25, 0.3) is 0 Å². The molecule has 0 aromatic carbocycles. The second-order valence-corrected chi connectivity index (χ2v) is 30.4. The van der Waals surface area contributed by atoms with E-state index in [0.717, 1.165) is 43.2 Å². The van der Waals surface area contributed by atoms with Crippen molar-refractivity contribution >= 4 is 25.0 Å². The molecule has 4 nitrogen and oxygen atoms in total. The van der Waals surface area contributed by atoms with E-state index in [1.807, 2.05) is 0 Å². The van der Waals surface area contributed by atoms with E-state index in [4.69, 9.17) is 18.0 Å². The first-order valence-electron chi connectivity index (χ1n) is 19.4. The van der Waals surface area contributed by atoms with Gasteiger partial charge in [-0.3, -0.25) is 0 Å². The maximum Gasteiger partial charge on any atom is 0.250 e. The lowest BCUT2D eigenvalue weighted by Crippen LogP contribution is -2.48. The van der Waals surface area contributed by atoms with Gasteiger partial charge in [-0.15, -0.1) is 0 Å². The van der Waals surface area contributed by atoms with Gasteiger partial charge in [0.15, 0.2) is 0 Å². The number of hydrogen-bond acceptors (Lipinski definition) is 4. The molecule has 1 heterocycles. The highest BCUT2D eigenvalue weighted by Crippen LogP contribution is 2.51. The summed E-state index contributed by atoms with van der Waals surface area (Å²) in [7, 11) is -5.75. The van der Waals surface area contributed by atoms with E-state index in [9.17, 15) is 0 Å². The summed E-state index contributed by atoms with van der Waals surface area (Å²) in [6.07, 6.45) is 17.7. The van der Waals surface area contributed by atoms with E-state index in [2.05, 4.69) is 93.6 Å². The van der Waals surface area contributed by atoms with E-state index >= 15 is 0 Å². The fraction of sp³-hybridized carbons (Fsp3) is 0.795. The van der Waals surface area contributed by atoms with Gasteiger partial charge in [-0.2, -0.15) is 0 Å². The van der Waals surface area contributed by atoms with E-state index in [1.165, 1.54) is 73.7 Å². The van der Waals surface area contributed by atoms with Crippen molar-refractivity contribution in [3.8, 4) is 0 Å². The van der Waals surface area contributed by atoms with Crippen molar-refractivity contribution in [1.82, 2.24) is 0 Å². The van der Waals surface area contributed by atoms with Gasteiger partial charge in [-0.05, 0) is 129 Å². The van der Waals surface area contributed by atoms with Gasteiger partial charge in [0.1, 0.15) is 11.9 Å². The highest BCUT2D eigenvalue weighted by Gasteiger charge is 2.49. The first kappa shape index (κ1) is 37.8. The van der Waals surface area contributed by atoms with Gasteiger partial charge in [0.05, 0.1) is 17.6 Å². The molecule has 0 spiro atoms. The monoisotopic (exact) mass is 686 g/mol. The molecule has 1 saturated carbocycles. The summed E-state index contributed by atoms with van der Waals surface area (Å²) in [4.78, 5) is 0. The first-order valence-corrected chi connectivity index (χ1v) is 27.3. The molecule has 0 amide bonds. The zero-order valence-corrected chi connectivity index (χ0v) is 34.8. The number of allylic oxidation sites excluding steroid dienone is 3. The topological polar surface area (TPSA) is 36.9 Å². The summed E-state index contributed by atoms with van der Waals surface area (Å²) in [5.74, 6) is 4.39. The smallest absolute Gasteiger partial charge is 0.250 e. The van der Waals surface area contributed by atoms with Gasteiger partial charge in [0.2, 0.25) is 25.0 Å². The number of rotatable bonds is 14. The third kappa shape index (κ3) is 8.22. The molecule has 1 fully saturated rings. The SMILES string of the molecule is CC[Si](CC)(CC)OC1=C[C@H](/C=C(\O[Si](C)(C)C(C)(C)C)C2=CCCCC2)O[C@H]2CC(O[Si](CC)(CC)CC)=C3CCCC[C@H]3[C@@H]12. The Morgan fingerprint density at radius 3 is 2.02 bits per heavy atom. The molecular weight excluding hydrogens is 617 g/mol. The molecule has 46 heavy (non-hydrogen) atoms. The molecule has 4 aliphatic rings. The van der Waals surface area contributed by atoms with Gasteiger partial charge in [-0.1, -0.05) is 74.8 Å². The standard InChI is InChI=1S/C39H70O4Si3/c1-12-45(13-2,14-3)42-35-29-36-38(33-26-22-21-25-32(33)35)37(43-46(15-4,16-5)17-6)28-31(40-36)27-34(30-23-19-18-20-24-30)41-44(10,11)39(7,8)9/h23,27-28,31,33,36,38H,12-22,24-26,29H2,1-11H3/b34-27-/t31-,33+,36-,38+/m0/s1. The van der Waals surface area contributed by atoms with Crippen molar-refractivity contribution in [2.24, 2.45) is 11.8 Å². The maximum absolute atomic E-state index is 7.45. The van der Waals surface area contributed by atoms with Crippen LogP contribution in [0.1, 0.15) is 120 Å². The lowest BCUT2D eigenvalue weighted by molar-refractivity contribution is -0.0481. The average Bonchev–Trinajstić information content (AvgIpc) is 3.05. The third-order valence-electron chi connectivity index (χ3n) is 12.9. The summed E-state index contributed by atoms with van der Waals surface area (Å²) >= 11 is 0. The zero-order chi connectivity index (χ0) is 33.8. The lowest BCUT2D eigenvalue weighted by Gasteiger charge is -2.49. The molecule has 262 valence electrons. The summed E-state index contributed by atoms with van der Waals surface area (Å²) in [6.45, 7) is 25.9. The fourth-order valence-electron chi connectivity index (χ4n) is 8.10. The molecule has 0 N–H and O–H groups in total. The van der Waals surface area contributed by atoms with Crippen LogP contribution in [0, 0.1) is 11.8 Å².